The van der Waals surface area contributed by atoms with Crippen molar-refractivity contribution >= 4 is 0 Å². The van der Waals surface area contributed by atoms with E-state index in [4.69, 9.17) is 19.9 Å². The third-order valence-electron chi connectivity index (χ3n) is 12.1. The molecule has 0 bridgehead atoms. The summed E-state index contributed by atoms with van der Waals surface area (Å²) in [5, 5.41) is 10.1. The number of nitrogens with zero attached hydrogens (tertiary/aromatic N) is 5. The lowest BCUT2D eigenvalue weighted by Crippen LogP contribution is -2.28. The van der Waals surface area contributed by atoms with Gasteiger partial charge in [0.1, 0.15) is 0 Å². The molecule has 0 amide bonds. The zero-order valence-electron chi connectivity index (χ0n) is 34.1. The molecule has 0 unspecified atom stereocenters. The largest absolute Gasteiger partial charge is 0.256 e. The Balaban J connectivity index is 1.04. The molecular weight excluding hydrogens is 767 g/mol. The van der Waals surface area contributed by atoms with Gasteiger partial charge in [-0.1, -0.05) is 170 Å². The fourth-order valence-corrected chi connectivity index (χ4v) is 9.14. The molecule has 2 aromatic heterocycles. The summed E-state index contributed by atoms with van der Waals surface area (Å²) in [5.41, 5.74) is 15.8. The number of hydrogen-bond donors (Lipinski definition) is 0. The first-order valence-corrected chi connectivity index (χ1v) is 21.0. The molecule has 0 aliphatic heterocycles. The van der Waals surface area contributed by atoms with E-state index in [0.717, 1.165) is 72.5 Å². The highest BCUT2D eigenvalue weighted by atomic mass is 15.0. The third kappa shape index (κ3) is 6.68. The smallest absolute Gasteiger partial charge is 0.164 e. The lowest BCUT2D eigenvalue weighted by Gasteiger charge is -2.34. The van der Waals surface area contributed by atoms with Crippen molar-refractivity contribution in [3.63, 3.8) is 0 Å². The summed E-state index contributed by atoms with van der Waals surface area (Å²) in [6.45, 7) is 0. The van der Waals surface area contributed by atoms with Gasteiger partial charge in [-0.15, -0.1) is 0 Å². The molecule has 0 N–H and O–H groups in total. The molecule has 0 fully saturated rings. The van der Waals surface area contributed by atoms with Crippen LogP contribution in [0.25, 0.3) is 78.8 Å². The minimum atomic E-state index is -0.617. The van der Waals surface area contributed by atoms with Gasteiger partial charge >= 0.3 is 0 Å². The summed E-state index contributed by atoms with van der Waals surface area (Å²) in [6, 6.07) is 78.1. The molecule has 0 atom stereocenters. The Morgan fingerprint density at radius 1 is 0.349 bits per heavy atom. The van der Waals surface area contributed by atoms with Gasteiger partial charge in [-0.3, -0.25) is 4.98 Å². The normalized spacial score (nSPS) is 12.2. The van der Waals surface area contributed by atoms with Crippen LogP contribution in [0.1, 0.15) is 27.8 Å². The van der Waals surface area contributed by atoms with Crippen molar-refractivity contribution in [2.75, 3.05) is 0 Å². The van der Waals surface area contributed by atoms with E-state index in [-0.39, 0.29) is 0 Å². The van der Waals surface area contributed by atoms with Crippen molar-refractivity contribution in [3.8, 4) is 84.9 Å². The Hall–Kier alpha value is -8.59. The van der Waals surface area contributed by atoms with Crippen LogP contribution in [-0.2, 0) is 5.41 Å². The molecule has 1 aliphatic rings. The van der Waals surface area contributed by atoms with E-state index in [9.17, 15) is 5.26 Å². The summed E-state index contributed by atoms with van der Waals surface area (Å²) in [7, 11) is 0. The molecule has 5 heteroatoms. The van der Waals surface area contributed by atoms with E-state index in [1.54, 1.807) is 0 Å². The van der Waals surface area contributed by atoms with Crippen LogP contribution in [0, 0.1) is 11.3 Å². The summed E-state index contributed by atoms with van der Waals surface area (Å²) in [6.07, 6.45) is 1.82. The van der Waals surface area contributed by atoms with Crippen molar-refractivity contribution < 1.29 is 0 Å². The third-order valence-corrected chi connectivity index (χ3v) is 12.1. The minimum Gasteiger partial charge on any atom is -0.256 e. The first-order chi connectivity index (χ1) is 31.2. The summed E-state index contributed by atoms with van der Waals surface area (Å²) >= 11 is 0. The highest BCUT2D eigenvalue weighted by Crippen LogP contribution is 2.57. The topological polar surface area (TPSA) is 75.3 Å². The van der Waals surface area contributed by atoms with Crippen molar-refractivity contribution in [1.29, 1.82) is 5.26 Å². The number of nitriles is 1. The van der Waals surface area contributed by atoms with Crippen molar-refractivity contribution in [2.45, 2.75) is 5.41 Å². The Kier molecular flexibility index (Phi) is 9.37. The van der Waals surface area contributed by atoms with Crippen LogP contribution < -0.4 is 0 Å². The van der Waals surface area contributed by atoms with Gasteiger partial charge in [0.25, 0.3) is 0 Å². The van der Waals surface area contributed by atoms with Crippen molar-refractivity contribution in [3.05, 3.63) is 252 Å². The lowest BCUT2D eigenvalue weighted by molar-refractivity contribution is 0.768. The molecular formula is C58H37N5. The average Bonchev–Trinajstić information content (AvgIpc) is 3.67. The maximum absolute atomic E-state index is 10.1. The molecule has 8 aromatic carbocycles. The molecule has 2 heterocycles. The second-order valence-electron chi connectivity index (χ2n) is 15.7. The van der Waals surface area contributed by atoms with E-state index >= 15 is 0 Å². The van der Waals surface area contributed by atoms with Gasteiger partial charge in [0.2, 0.25) is 0 Å². The first-order valence-electron chi connectivity index (χ1n) is 21.0. The number of aromatic nitrogens is 4. The molecule has 0 saturated carbocycles. The Bertz CT molecular complexity index is 3210. The van der Waals surface area contributed by atoms with Crippen LogP contribution in [0.15, 0.2) is 225 Å². The number of rotatable bonds is 8. The minimum absolute atomic E-state index is 0.583. The summed E-state index contributed by atoms with van der Waals surface area (Å²) < 4.78 is 0. The molecule has 5 nitrogen and oxygen atoms in total. The SMILES string of the molecule is N#Cc1ccc2c(c1)C(c1ccccc1)(c1ccccc1)c1cc(-c3ccc(-c4cc(-c5ccccn5)cc(-c5nc(-c6ccccc6)nc(-c6ccccc6)n5)c4)cc3)ccc1-2. The lowest BCUT2D eigenvalue weighted by atomic mass is 9.67. The van der Waals surface area contributed by atoms with Crippen LogP contribution in [0.2, 0.25) is 0 Å². The summed E-state index contributed by atoms with van der Waals surface area (Å²) in [4.78, 5) is 19.8. The van der Waals surface area contributed by atoms with Crippen LogP contribution in [-0.4, -0.2) is 19.9 Å². The molecule has 0 spiro atoms. The van der Waals surface area contributed by atoms with Gasteiger partial charge in [-0.2, -0.15) is 5.26 Å². The Labute approximate surface area is 366 Å². The monoisotopic (exact) mass is 803 g/mol. The molecule has 294 valence electrons. The first kappa shape index (κ1) is 37.4. The number of pyridine rings is 1. The number of fused-ring (bicyclic) bond motifs is 3. The van der Waals surface area contributed by atoms with Crippen molar-refractivity contribution in [1.82, 2.24) is 19.9 Å². The average molecular weight is 804 g/mol. The predicted octanol–water partition coefficient (Wildman–Crippen LogP) is 13.5. The molecule has 0 saturated heterocycles. The van der Waals surface area contributed by atoms with E-state index in [1.165, 1.54) is 11.1 Å². The Morgan fingerprint density at radius 2 is 0.810 bits per heavy atom. The van der Waals surface area contributed by atoms with E-state index in [1.807, 2.05) is 91.1 Å². The van der Waals surface area contributed by atoms with Crippen LogP contribution >= 0.6 is 0 Å². The van der Waals surface area contributed by atoms with Gasteiger partial charge in [0, 0.05) is 28.5 Å². The van der Waals surface area contributed by atoms with Gasteiger partial charge in [-0.05, 0) is 104 Å². The molecule has 63 heavy (non-hydrogen) atoms. The zero-order valence-corrected chi connectivity index (χ0v) is 34.1. The molecule has 1 aliphatic carbocycles. The zero-order chi connectivity index (χ0) is 42.2. The fraction of sp³-hybridized carbons (Fsp3) is 0.0172. The van der Waals surface area contributed by atoms with Crippen LogP contribution in [0.3, 0.4) is 0 Å². The van der Waals surface area contributed by atoms with Gasteiger partial charge < -0.3 is 0 Å². The molecule has 10 aromatic rings. The summed E-state index contributed by atoms with van der Waals surface area (Å²) in [5.74, 6) is 1.81. The highest BCUT2D eigenvalue weighted by Gasteiger charge is 2.46. The predicted molar refractivity (Wildman–Crippen MR) is 252 cm³/mol. The van der Waals surface area contributed by atoms with Crippen LogP contribution in [0.4, 0.5) is 0 Å². The second kappa shape index (κ2) is 15.8. The quantitative estimate of drug-likeness (QED) is 0.153. The molecule has 11 rings (SSSR count). The fourth-order valence-electron chi connectivity index (χ4n) is 9.14. The van der Waals surface area contributed by atoms with Gasteiger partial charge in [0.15, 0.2) is 17.5 Å². The maximum atomic E-state index is 10.1. The highest BCUT2D eigenvalue weighted by molar-refractivity contribution is 5.89. The number of hydrogen-bond acceptors (Lipinski definition) is 5. The maximum Gasteiger partial charge on any atom is 0.164 e. The Morgan fingerprint density at radius 3 is 1.37 bits per heavy atom. The van der Waals surface area contributed by atoms with Crippen molar-refractivity contribution in [2.24, 2.45) is 0 Å². The van der Waals surface area contributed by atoms with Gasteiger partial charge in [-0.25, -0.2) is 15.0 Å². The van der Waals surface area contributed by atoms with Gasteiger partial charge in [0.05, 0.1) is 22.7 Å². The standard InChI is InChI=1S/C58H37N5/c59-38-39-24-30-50-51-31-29-44(37-53(51)58(52(50)33-39,48-19-9-3-10-20-48)49-21-11-4-12-22-49)40-25-27-41(28-26-40)45-34-46(54-23-13-14-32-60-54)36-47(35-45)57-62-55(42-15-5-1-6-16-42)61-56(63-57)43-17-7-2-8-18-43/h1-37H. The van der Waals surface area contributed by atoms with E-state index in [2.05, 4.69) is 140 Å². The number of benzene rings is 8. The van der Waals surface area contributed by atoms with Crippen LogP contribution in [0.5, 0.6) is 0 Å². The molecule has 0 radical (unpaired) electrons. The van der Waals surface area contributed by atoms with E-state index in [0.29, 0.717) is 23.0 Å². The second-order valence-corrected chi connectivity index (χ2v) is 15.7. The van der Waals surface area contributed by atoms with E-state index < -0.39 is 5.41 Å².